The molecule has 0 saturated carbocycles. The van der Waals surface area contributed by atoms with E-state index in [1.807, 2.05) is 0 Å². The van der Waals surface area contributed by atoms with Gasteiger partial charge in [-0.3, -0.25) is 0 Å². The first kappa shape index (κ1) is 10.9. The molecule has 0 aliphatic rings. The standard InChI is InChI=1S/C8H19NO2/c1-3-8(4-5-10)9-6-7(2)11/h7-11H,3-6H2,1-2H3/t7-,8?/m1/s1. The molecule has 0 fully saturated rings. The van der Waals surface area contributed by atoms with Crippen LogP contribution in [0.15, 0.2) is 0 Å². The fraction of sp³-hybridized carbons (Fsp3) is 1.00. The Balaban J connectivity index is 3.35. The average molecular weight is 161 g/mol. The van der Waals surface area contributed by atoms with E-state index >= 15 is 0 Å². The Morgan fingerprint density at radius 2 is 2.09 bits per heavy atom. The molecule has 0 aromatic carbocycles. The average Bonchev–Trinajstić information content (AvgIpc) is 1.97. The fourth-order valence-electron chi connectivity index (χ4n) is 0.944. The lowest BCUT2D eigenvalue weighted by Gasteiger charge is -2.16. The van der Waals surface area contributed by atoms with Gasteiger partial charge in [0.25, 0.3) is 0 Å². The predicted octanol–water partition coefficient (Wildman–Crippen LogP) is 0.118. The molecule has 0 aromatic rings. The maximum Gasteiger partial charge on any atom is 0.0636 e. The number of nitrogens with one attached hydrogen (secondary N) is 1. The van der Waals surface area contributed by atoms with Crippen molar-refractivity contribution in [2.45, 2.75) is 38.8 Å². The van der Waals surface area contributed by atoms with Crippen molar-refractivity contribution in [1.29, 1.82) is 0 Å². The Bertz CT molecular complexity index is 86.2. The van der Waals surface area contributed by atoms with Crippen LogP contribution in [-0.2, 0) is 0 Å². The highest BCUT2D eigenvalue weighted by molar-refractivity contribution is 4.65. The molecule has 0 bridgehead atoms. The molecule has 0 rings (SSSR count). The van der Waals surface area contributed by atoms with Gasteiger partial charge in [-0.15, -0.1) is 0 Å². The summed E-state index contributed by atoms with van der Waals surface area (Å²) in [6.07, 6.45) is 1.46. The van der Waals surface area contributed by atoms with E-state index in [-0.39, 0.29) is 12.7 Å². The Morgan fingerprint density at radius 3 is 2.45 bits per heavy atom. The van der Waals surface area contributed by atoms with Crippen molar-refractivity contribution in [2.24, 2.45) is 0 Å². The molecule has 0 aromatic heterocycles. The summed E-state index contributed by atoms with van der Waals surface area (Å²) in [5.41, 5.74) is 0. The number of hydrogen-bond donors (Lipinski definition) is 3. The van der Waals surface area contributed by atoms with E-state index < -0.39 is 0 Å². The zero-order valence-corrected chi connectivity index (χ0v) is 7.38. The van der Waals surface area contributed by atoms with Gasteiger partial charge < -0.3 is 15.5 Å². The number of aliphatic hydroxyl groups excluding tert-OH is 2. The fourth-order valence-corrected chi connectivity index (χ4v) is 0.944. The molecule has 0 radical (unpaired) electrons. The minimum absolute atomic E-state index is 0.214. The van der Waals surface area contributed by atoms with Crippen LogP contribution in [0.2, 0.25) is 0 Å². The van der Waals surface area contributed by atoms with Gasteiger partial charge in [-0.05, 0) is 19.8 Å². The van der Waals surface area contributed by atoms with Gasteiger partial charge in [-0.25, -0.2) is 0 Å². The largest absolute Gasteiger partial charge is 0.396 e. The molecule has 3 heteroatoms. The van der Waals surface area contributed by atoms with Crippen molar-refractivity contribution in [3.05, 3.63) is 0 Å². The van der Waals surface area contributed by atoms with E-state index in [9.17, 15) is 0 Å². The third-order valence-corrected chi connectivity index (χ3v) is 1.67. The van der Waals surface area contributed by atoms with Crippen molar-refractivity contribution in [3.63, 3.8) is 0 Å². The normalized spacial score (nSPS) is 16.4. The molecular weight excluding hydrogens is 142 g/mol. The molecule has 0 aliphatic heterocycles. The second-order valence-electron chi connectivity index (χ2n) is 2.87. The summed E-state index contributed by atoms with van der Waals surface area (Å²) in [6, 6.07) is 0.342. The van der Waals surface area contributed by atoms with Crippen molar-refractivity contribution in [1.82, 2.24) is 5.32 Å². The lowest BCUT2D eigenvalue weighted by molar-refractivity contribution is 0.180. The summed E-state index contributed by atoms with van der Waals surface area (Å²) < 4.78 is 0. The van der Waals surface area contributed by atoms with Crippen LogP contribution in [0.4, 0.5) is 0 Å². The van der Waals surface area contributed by atoms with E-state index in [4.69, 9.17) is 10.2 Å². The van der Waals surface area contributed by atoms with E-state index in [2.05, 4.69) is 12.2 Å². The topological polar surface area (TPSA) is 52.5 Å². The Morgan fingerprint density at radius 1 is 1.45 bits per heavy atom. The van der Waals surface area contributed by atoms with Crippen molar-refractivity contribution >= 4 is 0 Å². The van der Waals surface area contributed by atoms with Gasteiger partial charge in [0.2, 0.25) is 0 Å². The van der Waals surface area contributed by atoms with Crippen LogP contribution in [0.1, 0.15) is 26.7 Å². The molecule has 0 saturated heterocycles. The SMILES string of the molecule is CCC(CCO)NC[C@@H](C)O. The van der Waals surface area contributed by atoms with E-state index in [1.165, 1.54) is 0 Å². The predicted molar refractivity (Wildman–Crippen MR) is 45.5 cm³/mol. The Kier molecular flexibility index (Phi) is 6.51. The summed E-state index contributed by atoms with van der Waals surface area (Å²) in [5.74, 6) is 0. The first-order valence-corrected chi connectivity index (χ1v) is 4.23. The monoisotopic (exact) mass is 161 g/mol. The molecule has 0 spiro atoms. The van der Waals surface area contributed by atoms with Crippen molar-refractivity contribution in [3.8, 4) is 0 Å². The van der Waals surface area contributed by atoms with Crippen LogP contribution in [0, 0.1) is 0 Å². The first-order chi connectivity index (χ1) is 5.20. The van der Waals surface area contributed by atoms with Gasteiger partial charge in [-0.2, -0.15) is 0 Å². The molecule has 68 valence electrons. The van der Waals surface area contributed by atoms with E-state index in [0.717, 1.165) is 12.8 Å². The van der Waals surface area contributed by atoms with Gasteiger partial charge in [0.15, 0.2) is 0 Å². The molecule has 11 heavy (non-hydrogen) atoms. The number of hydrogen-bond acceptors (Lipinski definition) is 3. The lowest BCUT2D eigenvalue weighted by atomic mass is 10.1. The molecule has 0 aliphatic carbocycles. The highest BCUT2D eigenvalue weighted by Crippen LogP contribution is 1.95. The van der Waals surface area contributed by atoms with Gasteiger partial charge >= 0.3 is 0 Å². The summed E-state index contributed by atoms with van der Waals surface area (Å²) in [5, 5.41) is 20.7. The minimum atomic E-state index is -0.303. The molecule has 0 amide bonds. The summed E-state index contributed by atoms with van der Waals surface area (Å²) >= 11 is 0. The third kappa shape index (κ3) is 6.28. The molecule has 2 atom stereocenters. The van der Waals surface area contributed by atoms with Crippen LogP contribution < -0.4 is 5.32 Å². The molecule has 3 nitrogen and oxygen atoms in total. The van der Waals surface area contributed by atoms with Crippen LogP contribution in [-0.4, -0.2) is 35.5 Å². The van der Waals surface area contributed by atoms with Gasteiger partial charge in [0.1, 0.15) is 0 Å². The maximum absolute atomic E-state index is 8.94. The van der Waals surface area contributed by atoms with Gasteiger partial charge in [-0.1, -0.05) is 6.92 Å². The number of rotatable bonds is 6. The maximum atomic E-state index is 8.94. The van der Waals surface area contributed by atoms with Crippen LogP contribution in [0.5, 0.6) is 0 Å². The van der Waals surface area contributed by atoms with Crippen LogP contribution in [0.3, 0.4) is 0 Å². The third-order valence-electron chi connectivity index (χ3n) is 1.67. The highest BCUT2D eigenvalue weighted by Gasteiger charge is 2.04. The minimum Gasteiger partial charge on any atom is -0.396 e. The summed E-state index contributed by atoms with van der Waals surface area (Å²) in [6.45, 7) is 4.64. The smallest absolute Gasteiger partial charge is 0.0636 e. The highest BCUT2D eigenvalue weighted by atomic mass is 16.3. The number of aliphatic hydroxyl groups is 2. The summed E-state index contributed by atoms with van der Waals surface area (Å²) in [7, 11) is 0. The molecule has 3 N–H and O–H groups in total. The van der Waals surface area contributed by atoms with Crippen molar-refractivity contribution < 1.29 is 10.2 Å². The summed E-state index contributed by atoms with van der Waals surface area (Å²) in [4.78, 5) is 0. The first-order valence-electron chi connectivity index (χ1n) is 4.23. The second kappa shape index (κ2) is 6.58. The van der Waals surface area contributed by atoms with E-state index in [0.29, 0.717) is 12.6 Å². The van der Waals surface area contributed by atoms with E-state index in [1.54, 1.807) is 6.92 Å². The Hall–Kier alpha value is -0.120. The Labute approximate surface area is 68.4 Å². The van der Waals surface area contributed by atoms with Crippen molar-refractivity contribution in [2.75, 3.05) is 13.2 Å². The zero-order chi connectivity index (χ0) is 8.69. The second-order valence-corrected chi connectivity index (χ2v) is 2.87. The van der Waals surface area contributed by atoms with Crippen LogP contribution in [0.25, 0.3) is 0 Å². The zero-order valence-electron chi connectivity index (χ0n) is 7.38. The molecule has 0 heterocycles. The molecular formula is C8H19NO2. The lowest BCUT2D eigenvalue weighted by Crippen LogP contribution is -2.34. The van der Waals surface area contributed by atoms with Gasteiger partial charge in [0, 0.05) is 19.2 Å². The van der Waals surface area contributed by atoms with Crippen LogP contribution >= 0.6 is 0 Å². The quantitative estimate of drug-likeness (QED) is 0.518. The van der Waals surface area contributed by atoms with Gasteiger partial charge in [0.05, 0.1) is 6.10 Å². The molecule has 1 unspecified atom stereocenters.